The number of carbonyl (C=O) groups excluding carboxylic acids is 1. The number of hydrogen-bond donors (Lipinski definition) is 2. The smallest absolute Gasteiger partial charge is 0.240 e. The van der Waals surface area contributed by atoms with Gasteiger partial charge in [-0.25, -0.2) is 4.39 Å². The van der Waals surface area contributed by atoms with Gasteiger partial charge in [0.25, 0.3) is 0 Å². The van der Waals surface area contributed by atoms with Gasteiger partial charge in [0.05, 0.1) is 0 Å². The average Bonchev–Trinajstić information content (AvgIpc) is 2.37. The van der Waals surface area contributed by atoms with E-state index in [0.29, 0.717) is 5.69 Å². The number of carbonyl (C=O) groups is 1. The molecule has 0 aromatic heterocycles. The van der Waals surface area contributed by atoms with Crippen LogP contribution in [0.2, 0.25) is 0 Å². The lowest BCUT2D eigenvalue weighted by Gasteiger charge is -2.27. The van der Waals surface area contributed by atoms with Gasteiger partial charge < -0.3 is 11.1 Å². The topological polar surface area (TPSA) is 55.1 Å². The molecule has 4 heteroatoms. The molecule has 2 atom stereocenters. The number of primary amides is 1. The van der Waals surface area contributed by atoms with Gasteiger partial charge in [0.1, 0.15) is 11.9 Å². The molecule has 0 saturated heterocycles. The van der Waals surface area contributed by atoms with Crippen molar-refractivity contribution in [2.45, 2.75) is 25.3 Å². The monoisotopic (exact) mass is 248 g/mol. The summed E-state index contributed by atoms with van der Waals surface area (Å²) in [5, 5.41) is 3.04. The van der Waals surface area contributed by atoms with E-state index in [-0.39, 0.29) is 17.6 Å². The fourth-order valence-corrected chi connectivity index (χ4v) is 2.30. The molecule has 1 aromatic carbocycles. The van der Waals surface area contributed by atoms with E-state index in [9.17, 15) is 9.18 Å². The molecule has 0 bridgehead atoms. The summed E-state index contributed by atoms with van der Waals surface area (Å²) in [6.07, 6.45) is 6.88. The molecule has 2 rings (SSSR count). The second-order valence-electron chi connectivity index (χ2n) is 4.58. The molecule has 0 saturated carbocycles. The molecule has 0 aliphatic heterocycles. The molecule has 0 heterocycles. The maximum atomic E-state index is 13.1. The van der Waals surface area contributed by atoms with Gasteiger partial charge in [0.15, 0.2) is 0 Å². The Kier molecular flexibility index (Phi) is 3.97. The van der Waals surface area contributed by atoms with Crippen molar-refractivity contribution in [2.24, 2.45) is 11.7 Å². The van der Waals surface area contributed by atoms with Gasteiger partial charge in [-0.15, -0.1) is 0 Å². The lowest BCUT2D eigenvalue weighted by molar-refractivity contribution is -0.119. The Morgan fingerprint density at radius 3 is 2.89 bits per heavy atom. The molecular weight excluding hydrogens is 231 g/mol. The highest BCUT2D eigenvalue weighted by Crippen LogP contribution is 2.24. The first-order chi connectivity index (χ1) is 8.66. The zero-order chi connectivity index (χ0) is 13.0. The van der Waals surface area contributed by atoms with Crippen LogP contribution in [0.5, 0.6) is 0 Å². The van der Waals surface area contributed by atoms with Crippen molar-refractivity contribution in [3.63, 3.8) is 0 Å². The first-order valence-corrected chi connectivity index (χ1v) is 6.13. The third kappa shape index (κ3) is 3.09. The van der Waals surface area contributed by atoms with Crippen LogP contribution in [0.1, 0.15) is 19.3 Å². The van der Waals surface area contributed by atoms with Crippen molar-refractivity contribution in [1.29, 1.82) is 0 Å². The molecule has 1 aromatic rings. The minimum atomic E-state index is -0.447. The third-order valence-electron chi connectivity index (χ3n) is 3.23. The minimum absolute atomic E-state index is 0.177. The van der Waals surface area contributed by atoms with E-state index in [2.05, 4.69) is 17.5 Å². The summed E-state index contributed by atoms with van der Waals surface area (Å²) in [6.45, 7) is 0. The second kappa shape index (κ2) is 5.67. The van der Waals surface area contributed by atoms with Crippen LogP contribution in [0.3, 0.4) is 0 Å². The number of hydrogen-bond acceptors (Lipinski definition) is 2. The molecular formula is C14H17FN2O. The fraction of sp³-hybridized carbons (Fsp3) is 0.357. The predicted octanol–water partition coefficient (Wildman–Crippen LogP) is 2.45. The standard InChI is InChI=1S/C14H17FN2O/c15-11-7-4-8-12(9-11)17-13(14(16)18)10-5-2-1-3-6-10/h1-2,4,7-10,13,17H,3,5-6H2,(H2,16,18). The number of nitrogens with two attached hydrogens (primary N) is 1. The molecule has 18 heavy (non-hydrogen) atoms. The van der Waals surface area contributed by atoms with E-state index in [1.54, 1.807) is 12.1 Å². The largest absolute Gasteiger partial charge is 0.373 e. The van der Waals surface area contributed by atoms with E-state index in [4.69, 9.17) is 5.73 Å². The van der Waals surface area contributed by atoms with Crippen molar-refractivity contribution >= 4 is 11.6 Å². The van der Waals surface area contributed by atoms with E-state index < -0.39 is 6.04 Å². The van der Waals surface area contributed by atoms with Crippen LogP contribution in [0.15, 0.2) is 36.4 Å². The number of amides is 1. The number of allylic oxidation sites excluding steroid dienone is 2. The number of rotatable bonds is 4. The van der Waals surface area contributed by atoms with Crippen molar-refractivity contribution < 1.29 is 9.18 Å². The third-order valence-corrected chi connectivity index (χ3v) is 3.23. The lowest BCUT2D eigenvalue weighted by Crippen LogP contribution is -2.41. The maximum absolute atomic E-state index is 13.1. The molecule has 0 radical (unpaired) electrons. The van der Waals surface area contributed by atoms with Gasteiger partial charge in [-0.2, -0.15) is 0 Å². The summed E-state index contributed by atoms with van der Waals surface area (Å²) in [5.74, 6) is -0.540. The van der Waals surface area contributed by atoms with Gasteiger partial charge in [0.2, 0.25) is 5.91 Å². The summed E-state index contributed by atoms with van der Waals surface area (Å²) in [7, 11) is 0. The maximum Gasteiger partial charge on any atom is 0.240 e. The number of halogens is 1. The summed E-state index contributed by atoms with van der Waals surface area (Å²) < 4.78 is 13.1. The Hall–Kier alpha value is -1.84. The SMILES string of the molecule is NC(=O)C(Nc1cccc(F)c1)C1CC=CCC1. The predicted molar refractivity (Wildman–Crippen MR) is 69.5 cm³/mol. The van der Waals surface area contributed by atoms with Gasteiger partial charge in [0, 0.05) is 5.69 Å². The quantitative estimate of drug-likeness (QED) is 0.804. The Labute approximate surface area is 106 Å². The Morgan fingerprint density at radius 1 is 1.44 bits per heavy atom. The molecule has 0 fully saturated rings. The zero-order valence-corrected chi connectivity index (χ0v) is 10.1. The number of nitrogens with one attached hydrogen (secondary N) is 1. The Morgan fingerprint density at radius 2 is 2.28 bits per heavy atom. The summed E-state index contributed by atoms with van der Waals surface area (Å²) in [5.41, 5.74) is 6.03. The highest BCUT2D eigenvalue weighted by Gasteiger charge is 2.26. The van der Waals surface area contributed by atoms with Crippen LogP contribution < -0.4 is 11.1 Å². The summed E-state index contributed by atoms with van der Waals surface area (Å²) >= 11 is 0. The molecule has 1 amide bonds. The average molecular weight is 248 g/mol. The van der Waals surface area contributed by atoms with E-state index in [1.165, 1.54) is 12.1 Å². The van der Waals surface area contributed by atoms with E-state index in [1.807, 2.05) is 0 Å². The van der Waals surface area contributed by atoms with Crippen molar-refractivity contribution in [1.82, 2.24) is 0 Å². The van der Waals surface area contributed by atoms with Crippen molar-refractivity contribution in [2.75, 3.05) is 5.32 Å². The highest BCUT2D eigenvalue weighted by molar-refractivity contribution is 5.83. The van der Waals surface area contributed by atoms with Crippen molar-refractivity contribution in [3.8, 4) is 0 Å². The minimum Gasteiger partial charge on any atom is -0.373 e. The normalized spacial score (nSPS) is 20.4. The Balaban J connectivity index is 2.11. The van der Waals surface area contributed by atoms with Crippen LogP contribution in [-0.4, -0.2) is 11.9 Å². The molecule has 3 N–H and O–H groups in total. The molecule has 1 aliphatic rings. The molecule has 2 unspecified atom stereocenters. The van der Waals surface area contributed by atoms with E-state index >= 15 is 0 Å². The summed E-state index contributed by atoms with van der Waals surface area (Å²) in [6, 6.07) is 5.63. The van der Waals surface area contributed by atoms with Gasteiger partial charge in [-0.05, 0) is 43.4 Å². The number of benzene rings is 1. The van der Waals surface area contributed by atoms with E-state index in [0.717, 1.165) is 19.3 Å². The summed E-state index contributed by atoms with van der Waals surface area (Å²) in [4.78, 5) is 11.5. The van der Waals surface area contributed by atoms with Crippen LogP contribution >= 0.6 is 0 Å². The lowest BCUT2D eigenvalue weighted by atomic mass is 9.87. The Bertz CT molecular complexity index is 459. The molecule has 96 valence electrons. The number of anilines is 1. The molecule has 3 nitrogen and oxygen atoms in total. The van der Waals surface area contributed by atoms with Gasteiger partial charge in [-0.3, -0.25) is 4.79 Å². The second-order valence-corrected chi connectivity index (χ2v) is 4.58. The highest BCUT2D eigenvalue weighted by atomic mass is 19.1. The van der Waals surface area contributed by atoms with Crippen LogP contribution in [-0.2, 0) is 4.79 Å². The molecule has 0 spiro atoms. The van der Waals surface area contributed by atoms with Crippen LogP contribution in [0.4, 0.5) is 10.1 Å². The van der Waals surface area contributed by atoms with Crippen LogP contribution in [0.25, 0.3) is 0 Å². The van der Waals surface area contributed by atoms with Crippen molar-refractivity contribution in [3.05, 3.63) is 42.2 Å². The van der Waals surface area contributed by atoms with Crippen LogP contribution in [0, 0.1) is 11.7 Å². The van der Waals surface area contributed by atoms with Gasteiger partial charge in [-0.1, -0.05) is 18.2 Å². The van der Waals surface area contributed by atoms with Gasteiger partial charge >= 0.3 is 0 Å². The zero-order valence-electron chi connectivity index (χ0n) is 10.1. The first-order valence-electron chi connectivity index (χ1n) is 6.13. The molecule has 1 aliphatic carbocycles. The fourth-order valence-electron chi connectivity index (χ4n) is 2.30. The first kappa shape index (κ1) is 12.6.